The summed E-state index contributed by atoms with van der Waals surface area (Å²) in [4.78, 5) is 14.3. The molecule has 150 valence electrons. The lowest BCUT2D eigenvalue weighted by Gasteiger charge is -2.07. The Morgan fingerprint density at radius 3 is 2.50 bits per heavy atom. The number of benzene rings is 3. The van der Waals surface area contributed by atoms with Gasteiger partial charge in [-0.15, -0.1) is 11.8 Å². The van der Waals surface area contributed by atoms with Gasteiger partial charge in [0.2, 0.25) is 0 Å². The number of nitrogens with zero attached hydrogens (tertiary/aromatic N) is 2. The van der Waals surface area contributed by atoms with E-state index in [0.29, 0.717) is 17.8 Å². The first-order valence-corrected chi connectivity index (χ1v) is 11.0. The Balaban J connectivity index is 1.68. The molecule has 1 N–H and O–H groups in total. The molecule has 0 aliphatic rings. The highest BCUT2D eigenvalue weighted by Crippen LogP contribution is 2.25. The Morgan fingerprint density at radius 1 is 1.00 bits per heavy atom. The highest BCUT2D eigenvalue weighted by molar-refractivity contribution is 7.98. The van der Waals surface area contributed by atoms with E-state index in [1.165, 1.54) is 5.56 Å². The predicted octanol–water partition coefficient (Wildman–Crippen LogP) is 5.88. The number of thioether (sulfide) groups is 1. The summed E-state index contributed by atoms with van der Waals surface area (Å²) in [6.07, 6.45) is 3.85. The lowest BCUT2D eigenvalue weighted by molar-refractivity contribution is 0.102. The number of carbonyl (C=O) groups excluding carboxylic acids is 1. The second kappa shape index (κ2) is 9.01. The van der Waals surface area contributed by atoms with Gasteiger partial charge in [0.25, 0.3) is 5.91 Å². The number of anilines is 1. The van der Waals surface area contributed by atoms with Crippen molar-refractivity contribution in [3.63, 3.8) is 0 Å². The van der Waals surface area contributed by atoms with Crippen molar-refractivity contribution in [1.82, 2.24) is 9.78 Å². The zero-order valence-corrected chi connectivity index (χ0v) is 17.8. The van der Waals surface area contributed by atoms with Crippen LogP contribution in [0.15, 0.2) is 90.0 Å². The molecular formula is C25H23N3OS. The van der Waals surface area contributed by atoms with Crippen molar-refractivity contribution in [3.8, 4) is 11.3 Å². The number of nitrogens with one attached hydrogen (secondary N) is 1. The van der Waals surface area contributed by atoms with Gasteiger partial charge >= 0.3 is 0 Å². The van der Waals surface area contributed by atoms with Gasteiger partial charge in [0.05, 0.1) is 12.1 Å². The van der Waals surface area contributed by atoms with Crippen molar-refractivity contribution in [2.45, 2.75) is 18.4 Å². The third-order valence-electron chi connectivity index (χ3n) is 4.85. The number of aryl methyl sites for hydroxylation is 1. The third-order valence-corrected chi connectivity index (χ3v) is 5.57. The molecule has 0 aliphatic carbocycles. The van der Waals surface area contributed by atoms with E-state index >= 15 is 0 Å². The molecule has 0 radical (unpaired) electrons. The molecule has 1 amide bonds. The summed E-state index contributed by atoms with van der Waals surface area (Å²) in [6, 6.07) is 26.1. The van der Waals surface area contributed by atoms with Gasteiger partial charge in [0.15, 0.2) is 0 Å². The maximum atomic E-state index is 13.2. The van der Waals surface area contributed by atoms with Gasteiger partial charge in [-0.05, 0) is 36.9 Å². The first-order valence-electron chi connectivity index (χ1n) is 9.76. The van der Waals surface area contributed by atoms with Crippen LogP contribution in [-0.2, 0) is 6.54 Å². The van der Waals surface area contributed by atoms with Crippen LogP contribution in [0.4, 0.5) is 5.69 Å². The monoisotopic (exact) mass is 413 g/mol. The molecule has 0 aliphatic heterocycles. The summed E-state index contributed by atoms with van der Waals surface area (Å²) < 4.78 is 1.83. The summed E-state index contributed by atoms with van der Waals surface area (Å²) in [5.41, 5.74) is 5.25. The Hall–Kier alpha value is -3.31. The van der Waals surface area contributed by atoms with Crippen molar-refractivity contribution in [2.24, 2.45) is 0 Å². The lowest BCUT2D eigenvalue weighted by atomic mass is 10.1. The number of hydrogen-bond acceptors (Lipinski definition) is 3. The summed E-state index contributed by atoms with van der Waals surface area (Å²) in [5.74, 6) is -0.164. The minimum Gasteiger partial charge on any atom is -0.322 e. The zero-order valence-electron chi connectivity index (χ0n) is 17.0. The second-order valence-corrected chi connectivity index (χ2v) is 8.01. The molecule has 0 fully saturated rings. The van der Waals surface area contributed by atoms with E-state index in [1.54, 1.807) is 11.8 Å². The Bertz CT molecular complexity index is 1150. The van der Waals surface area contributed by atoms with Crippen molar-refractivity contribution in [2.75, 3.05) is 11.6 Å². The van der Waals surface area contributed by atoms with Gasteiger partial charge in [0.1, 0.15) is 5.69 Å². The average Bonchev–Trinajstić information content (AvgIpc) is 3.19. The van der Waals surface area contributed by atoms with Crippen LogP contribution < -0.4 is 5.32 Å². The van der Waals surface area contributed by atoms with Gasteiger partial charge in [-0.1, -0.05) is 66.2 Å². The van der Waals surface area contributed by atoms with Gasteiger partial charge in [-0.2, -0.15) is 5.10 Å². The van der Waals surface area contributed by atoms with Crippen LogP contribution in [-0.4, -0.2) is 21.9 Å². The molecule has 0 unspecified atom stereocenters. The summed E-state index contributed by atoms with van der Waals surface area (Å²) >= 11 is 1.64. The number of rotatable bonds is 6. The smallest absolute Gasteiger partial charge is 0.259 e. The average molecular weight is 414 g/mol. The largest absolute Gasteiger partial charge is 0.322 e. The third kappa shape index (κ3) is 4.63. The number of carbonyl (C=O) groups is 1. The molecule has 0 bridgehead atoms. The van der Waals surface area contributed by atoms with Crippen molar-refractivity contribution < 1.29 is 4.79 Å². The van der Waals surface area contributed by atoms with Gasteiger partial charge in [0, 0.05) is 22.3 Å². The minimum absolute atomic E-state index is 0.164. The molecule has 0 saturated carbocycles. The van der Waals surface area contributed by atoms with Crippen LogP contribution in [0.1, 0.15) is 21.5 Å². The molecule has 4 rings (SSSR count). The van der Waals surface area contributed by atoms with E-state index in [2.05, 4.69) is 17.4 Å². The van der Waals surface area contributed by atoms with Crippen LogP contribution >= 0.6 is 11.8 Å². The molecule has 3 aromatic carbocycles. The standard InChI is InChI=1S/C25H23N3OS/c1-18-11-13-20(14-12-18)24-23(17-28(27-24)16-19-7-4-3-5-8-19)25(29)26-21-9-6-10-22(15-21)30-2/h3-15,17H,16H2,1-2H3,(H,26,29). The van der Waals surface area contributed by atoms with E-state index in [-0.39, 0.29) is 5.91 Å². The van der Waals surface area contributed by atoms with E-state index < -0.39 is 0 Å². The summed E-state index contributed by atoms with van der Waals surface area (Å²) in [6.45, 7) is 2.65. The molecule has 0 saturated heterocycles. The molecule has 4 nitrogen and oxygen atoms in total. The molecule has 1 heterocycles. The topological polar surface area (TPSA) is 46.9 Å². The fraction of sp³-hybridized carbons (Fsp3) is 0.120. The van der Waals surface area contributed by atoms with E-state index in [9.17, 15) is 4.79 Å². The predicted molar refractivity (Wildman–Crippen MR) is 124 cm³/mol. The molecule has 0 atom stereocenters. The highest BCUT2D eigenvalue weighted by atomic mass is 32.2. The Kier molecular flexibility index (Phi) is 6.00. The fourth-order valence-electron chi connectivity index (χ4n) is 3.26. The molecule has 5 heteroatoms. The van der Waals surface area contributed by atoms with Crippen LogP contribution in [0.5, 0.6) is 0 Å². The summed E-state index contributed by atoms with van der Waals surface area (Å²) in [5, 5.41) is 7.78. The van der Waals surface area contributed by atoms with Crippen LogP contribution in [0.3, 0.4) is 0 Å². The first kappa shape index (κ1) is 20.0. The van der Waals surface area contributed by atoms with Gasteiger partial charge < -0.3 is 5.32 Å². The maximum Gasteiger partial charge on any atom is 0.259 e. The molecule has 1 aromatic heterocycles. The zero-order chi connectivity index (χ0) is 20.9. The summed E-state index contributed by atoms with van der Waals surface area (Å²) in [7, 11) is 0. The van der Waals surface area contributed by atoms with E-state index in [4.69, 9.17) is 5.10 Å². The SMILES string of the molecule is CSc1cccc(NC(=O)c2cn(Cc3ccccc3)nc2-c2ccc(C)cc2)c1. The minimum atomic E-state index is -0.164. The van der Waals surface area contributed by atoms with Gasteiger partial charge in [-0.25, -0.2) is 0 Å². The van der Waals surface area contributed by atoms with Crippen molar-refractivity contribution in [3.05, 3.63) is 102 Å². The quantitative estimate of drug-likeness (QED) is 0.402. The van der Waals surface area contributed by atoms with Crippen LogP contribution in [0, 0.1) is 6.92 Å². The Morgan fingerprint density at radius 2 is 1.77 bits per heavy atom. The fourth-order valence-corrected chi connectivity index (χ4v) is 3.72. The van der Waals surface area contributed by atoms with E-state index in [0.717, 1.165) is 21.7 Å². The molecule has 30 heavy (non-hydrogen) atoms. The first-order chi connectivity index (χ1) is 14.6. The van der Waals surface area contributed by atoms with Crippen LogP contribution in [0.2, 0.25) is 0 Å². The highest BCUT2D eigenvalue weighted by Gasteiger charge is 2.18. The number of amides is 1. The maximum absolute atomic E-state index is 13.2. The van der Waals surface area contributed by atoms with Gasteiger partial charge in [-0.3, -0.25) is 9.48 Å². The molecule has 0 spiro atoms. The van der Waals surface area contributed by atoms with Crippen molar-refractivity contribution in [1.29, 1.82) is 0 Å². The number of hydrogen-bond donors (Lipinski definition) is 1. The molecule has 4 aromatic rings. The normalized spacial score (nSPS) is 10.7. The van der Waals surface area contributed by atoms with E-state index in [1.807, 2.05) is 90.8 Å². The van der Waals surface area contributed by atoms with Crippen molar-refractivity contribution >= 4 is 23.4 Å². The second-order valence-electron chi connectivity index (χ2n) is 7.13. The van der Waals surface area contributed by atoms with Crippen LogP contribution in [0.25, 0.3) is 11.3 Å². The lowest BCUT2D eigenvalue weighted by Crippen LogP contribution is -2.12. The Labute approximate surface area is 181 Å². The molecular weight excluding hydrogens is 390 g/mol. The number of aromatic nitrogens is 2.